The molecular weight excluding hydrogens is 364 g/mol. The van der Waals surface area contributed by atoms with Gasteiger partial charge in [0.2, 0.25) is 11.1 Å². The van der Waals surface area contributed by atoms with Crippen molar-refractivity contribution in [3.05, 3.63) is 47.2 Å². The summed E-state index contributed by atoms with van der Waals surface area (Å²) < 4.78 is 6.43. The SMILES string of the molecule is COC(=O)CSc1nc2n(n1)[C@@H](c1ccccc1)C1=C(C[C@H](C)CC1=O)N2. The lowest BCUT2D eigenvalue weighted by Crippen LogP contribution is -2.33. The van der Waals surface area contributed by atoms with Gasteiger partial charge in [-0.25, -0.2) is 4.68 Å². The Labute approximate surface area is 161 Å². The number of Topliss-reactive ketones (excluding diaryl/α,β-unsaturated/α-hetero) is 1. The minimum atomic E-state index is -0.332. The molecule has 7 nitrogen and oxygen atoms in total. The van der Waals surface area contributed by atoms with E-state index in [9.17, 15) is 9.59 Å². The van der Waals surface area contributed by atoms with E-state index in [1.165, 1.54) is 18.9 Å². The number of hydrogen-bond donors (Lipinski definition) is 1. The third-order valence-corrected chi connectivity index (χ3v) is 5.58. The highest BCUT2D eigenvalue weighted by Gasteiger charge is 2.38. The van der Waals surface area contributed by atoms with E-state index in [1.54, 1.807) is 4.68 Å². The van der Waals surface area contributed by atoms with Crippen LogP contribution < -0.4 is 5.32 Å². The summed E-state index contributed by atoms with van der Waals surface area (Å²) in [6, 6.07) is 9.55. The molecule has 1 aliphatic carbocycles. The molecular formula is C19H20N4O3S. The van der Waals surface area contributed by atoms with Gasteiger partial charge in [-0.2, -0.15) is 4.98 Å². The number of esters is 1. The maximum atomic E-state index is 12.9. The number of aromatic nitrogens is 3. The van der Waals surface area contributed by atoms with E-state index in [2.05, 4.69) is 27.1 Å². The lowest BCUT2D eigenvalue weighted by Gasteiger charge is -2.34. The first-order chi connectivity index (χ1) is 13.1. The average Bonchev–Trinajstić information content (AvgIpc) is 3.07. The molecule has 0 bridgehead atoms. The van der Waals surface area contributed by atoms with E-state index < -0.39 is 0 Å². The van der Waals surface area contributed by atoms with Crippen molar-refractivity contribution in [2.24, 2.45) is 5.92 Å². The Morgan fingerprint density at radius 1 is 1.33 bits per heavy atom. The summed E-state index contributed by atoms with van der Waals surface area (Å²) >= 11 is 1.22. The molecule has 2 aliphatic rings. The Kier molecular flexibility index (Phi) is 4.73. The summed E-state index contributed by atoms with van der Waals surface area (Å²) in [6.07, 6.45) is 1.35. The average molecular weight is 384 g/mol. The molecule has 140 valence electrons. The van der Waals surface area contributed by atoms with Crippen LogP contribution in [0.3, 0.4) is 0 Å². The fourth-order valence-electron chi connectivity index (χ4n) is 3.57. The van der Waals surface area contributed by atoms with E-state index >= 15 is 0 Å². The number of nitrogens with one attached hydrogen (secondary N) is 1. The molecule has 0 saturated carbocycles. The van der Waals surface area contributed by atoms with Crippen molar-refractivity contribution in [1.82, 2.24) is 14.8 Å². The van der Waals surface area contributed by atoms with Crippen molar-refractivity contribution < 1.29 is 14.3 Å². The summed E-state index contributed by atoms with van der Waals surface area (Å²) in [5, 5.41) is 8.35. The Hall–Kier alpha value is -2.61. The molecule has 2 atom stereocenters. The van der Waals surface area contributed by atoms with Crippen LogP contribution in [-0.2, 0) is 14.3 Å². The van der Waals surface area contributed by atoms with Crippen molar-refractivity contribution in [1.29, 1.82) is 0 Å². The van der Waals surface area contributed by atoms with Crippen LogP contribution >= 0.6 is 11.8 Å². The zero-order chi connectivity index (χ0) is 19.0. The fraction of sp³-hybridized carbons (Fsp3) is 0.368. The molecule has 1 aromatic heterocycles. The van der Waals surface area contributed by atoms with Crippen LogP contribution in [0.2, 0.25) is 0 Å². The molecule has 0 spiro atoms. The Bertz CT molecular complexity index is 922. The van der Waals surface area contributed by atoms with Crippen LogP contribution in [0, 0.1) is 5.92 Å². The minimum Gasteiger partial charge on any atom is -0.468 e. The number of methoxy groups -OCH3 is 1. The molecule has 0 fully saturated rings. The van der Waals surface area contributed by atoms with Crippen molar-refractivity contribution in [3.63, 3.8) is 0 Å². The van der Waals surface area contributed by atoms with Crippen molar-refractivity contribution in [2.75, 3.05) is 18.2 Å². The second-order valence-electron chi connectivity index (χ2n) is 6.79. The molecule has 1 N–H and O–H groups in total. The first kappa shape index (κ1) is 17.8. The number of carbonyl (C=O) groups excluding carboxylic acids is 2. The first-order valence-electron chi connectivity index (χ1n) is 8.81. The Morgan fingerprint density at radius 2 is 2.11 bits per heavy atom. The third-order valence-electron chi connectivity index (χ3n) is 4.77. The van der Waals surface area contributed by atoms with Gasteiger partial charge in [-0.1, -0.05) is 49.0 Å². The predicted molar refractivity (Wildman–Crippen MR) is 101 cm³/mol. The number of benzene rings is 1. The number of carbonyl (C=O) groups is 2. The summed E-state index contributed by atoms with van der Waals surface area (Å²) in [5.41, 5.74) is 2.68. The molecule has 0 radical (unpaired) electrons. The number of ketones is 1. The van der Waals surface area contributed by atoms with Gasteiger partial charge in [0.15, 0.2) is 5.78 Å². The van der Waals surface area contributed by atoms with Crippen LogP contribution in [0.15, 0.2) is 46.8 Å². The molecule has 0 unspecified atom stereocenters. The number of ether oxygens (including phenoxy) is 1. The highest BCUT2D eigenvalue weighted by molar-refractivity contribution is 7.99. The lowest BCUT2D eigenvalue weighted by atomic mass is 9.81. The summed E-state index contributed by atoms with van der Waals surface area (Å²) in [6.45, 7) is 2.08. The zero-order valence-corrected chi connectivity index (χ0v) is 16.0. The maximum absolute atomic E-state index is 12.9. The molecule has 4 rings (SSSR count). The highest BCUT2D eigenvalue weighted by atomic mass is 32.2. The van der Waals surface area contributed by atoms with Gasteiger partial charge in [-0.3, -0.25) is 9.59 Å². The number of thioether (sulfide) groups is 1. The molecule has 27 heavy (non-hydrogen) atoms. The first-order valence-corrected chi connectivity index (χ1v) is 9.79. The van der Waals surface area contributed by atoms with E-state index in [0.29, 0.717) is 23.4 Å². The maximum Gasteiger partial charge on any atom is 0.316 e. The van der Waals surface area contributed by atoms with Crippen molar-refractivity contribution in [3.8, 4) is 0 Å². The molecule has 2 heterocycles. The monoisotopic (exact) mass is 384 g/mol. The predicted octanol–water partition coefficient (Wildman–Crippen LogP) is 2.81. The van der Waals surface area contributed by atoms with Gasteiger partial charge < -0.3 is 10.1 Å². The zero-order valence-electron chi connectivity index (χ0n) is 15.1. The number of anilines is 1. The van der Waals surface area contributed by atoms with Gasteiger partial charge >= 0.3 is 5.97 Å². The summed E-state index contributed by atoms with van der Waals surface area (Å²) in [4.78, 5) is 28.8. The van der Waals surface area contributed by atoms with Gasteiger partial charge in [0.1, 0.15) is 6.04 Å². The number of allylic oxidation sites excluding steroid dienone is 2. The normalized spacial score (nSPS) is 21.3. The van der Waals surface area contributed by atoms with Crippen LogP contribution in [0.5, 0.6) is 0 Å². The van der Waals surface area contributed by atoms with Gasteiger partial charge in [-0.05, 0) is 17.9 Å². The summed E-state index contributed by atoms with van der Waals surface area (Å²) in [5.74, 6) is 0.843. The quantitative estimate of drug-likeness (QED) is 0.641. The van der Waals surface area contributed by atoms with Gasteiger partial charge in [0, 0.05) is 17.7 Å². The molecule has 8 heteroatoms. The minimum absolute atomic E-state index is 0.138. The van der Waals surface area contributed by atoms with E-state index in [0.717, 1.165) is 23.3 Å². The van der Waals surface area contributed by atoms with Crippen LogP contribution in [0.4, 0.5) is 5.95 Å². The number of rotatable bonds is 4. The standard InChI is InChI=1S/C19H20N4O3S/c1-11-8-13-16(14(24)9-11)17(12-6-4-3-5-7-12)23-18(20-13)21-19(22-23)27-10-15(25)26-2/h3-7,11,17H,8-10H2,1-2H3,(H,20,21,22)/t11-,17-/m0/s1. The van der Waals surface area contributed by atoms with E-state index in [1.807, 2.05) is 30.3 Å². The molecule has 0 saturated heterocycles. The molecule has 1 aromatic carbocycles. The molecule has 0 amide bonds. The number of fused-ring (bicyclic) bond motifs is 1. The second-order valence-corrected chi connectivity index (χ2v) is 7.74. The topological polar surface area (TPSA) is 86.1 Å². The highest BCUT2D eigenvalue weighted by Crippen LogP contribution is 2.41. The van der Waals surface area contributed by atoms with Crippen molar-refractivity contribution >= 4 is 29.5 Å². The van der Waals surface area contributed by atoms with Gasteiger partial charge in [-0.15, -0.1) is 5.10 Å². The second kappa shape index (κ2) is 7.19. The van der Waals surface area contributed by atoms with Gasteiger partial charge in [0.05, 0.1) is 12.9 Å². The van der Waals surface area contributed by atoms with Crippen molar-refractivity contribution in [2.45, 2.75) is 31.0 Å². The van der Waals surface area contributed by atoms with Crippen LogP contribution in [0.1, 0.15) is 31.4 Å². The van der Waals surface area contributed by atoms with Crippen LogP contribution in [0.25, 0.3) is 0 Å². The van der Waals surface area contributed by atoms with Crippen LogP contribution in [-0.4, -0.2) is 39.4 Å². The third kappa shape index (κ3) is 3.37. The largest absolute Gasteiger partial charge is 0.468 e. The van der Waals surface area contributed by atoms with E-state index in [4.69, 9.17) is 0 Å². The summed E-state index contributed by atoms with van der Waals surface area (Å²) in [7, 11) is 1.35. The fourth-order valence-corrected chi connectivity index (χ4v) is 4.24. The smallest absolute Gasteiger partial charge is 0.316 e. The Balaban J connectivity index is 1.75. The van der Waals surface area contributed by atoms with Gasteiger partial charge in [0.25, 0.3) is 0 Å². The molecule has 1 aliphatic heterocycles. The number of nitrogens with zero attached hydrogens (tertiary/aromatic N) is 3. The lowest BCUT2D eigenvalue weighted by molar-refractivity contribution is -0.137. The van der Waals surface area contributed by atoms with E-state index in [-0.39, 0.29) is 23.5 Å². The Morgan fingerprint density at radius 3 is 2.85 bits per heavy atom. The number of hydrogen-bond acceptors (Lipinski definition) is 7. The molecule has 2 aromatic rings.